The van der Waals surface area contributed by atoms with E-state index in [9.17, 15) is 0 Å². The Balaban J connectivity index is 1.99. The van der Waals surface area contributed by atoms with E-state index in [0.717, 1.165) is 19.3 Å². The highest BCUT2D eigenvalue weighted by molar-refractivity contribution is 4.96. The number of rotatable bonds is 0. The largest absolute Gasteiger partial charge is 0.242 e. The lowest BCUT2D eigenvalue weighted by Crippen LogP contribution is -2.38. The molecular weight excluding hydrogens is 160 g/mol. The molecule has 2 saturated heterocycles. The molecular formula is C8H12O4. The van der Waals surface area contributed by atoms with Crippen LogP contribution in [0.3, 0.4) is 0 Å². The Labute approximate surface area is 70.6 Å². The van der Waals surface area contributed by atoms with Crippen molar-refractivity contribution in [2.24, 2.45) is 5.92 Å². The van der Waals surface area contributed by atoms with Gasteiger partial charge in [-0.1, -0.05) is 6.42 Å². The third kappa shape index (κ3) is 0.671. The predicted molar refractivity (Wildman–Crippen MR) is 37.4 cm³/mol. The van der Waals surface area contributed by atoms with Crippen molar-refractivity contribution in [3.8, 4) is 0 Å². The molecule has 1 aliphatic carbocycles. The van der Waals surface area contributed by atoms with Crippen molar-refractivity contribution in [3.63, 3.8) is 0 Å². The summed E-state index contributed by atoms with van der Waals surface area (Å²) < 4.78 is 0. The molecule has 0 amide bonds. The first-order valence-electron chi connectivity index (χ1n) is 4.49. The van der Waals surface area contributed by atoms with E-state index in [1.807, 2.05) is 6.92 Å². The molecule has 1 atom stereocenters. The molecule has 1 saturated carbocycles. The van der Waals surface area contributed by atoms with Crippen LogP contribution in [0.4, 0.5) is 0 Å². The van der Waals surface area contributed by atoms with Crippen molar-refractivity contribution in [2.75, 3.05) is 0 Å². The minimum absolute atomic E-state index is 0.249. The Morgan fingerprint density at radius 3 is 2.50 bits per heavy atom. The summed E-state index contributed by atoms with van der Waals surface area (Å²) in [4.78, 5) is 20.7. The van der Waals surface area contributed by atoms with Crippen LogP contribution in [0.15, 0.2) is 0 Å². The molecule has 0 spiro atoms. The molecule has 0 aromatic heterocycles. The van der Waals surface area contributed by atoms with Crippen molar-refractivity contribution in [1.29, 1.82) is 0 Å². The Kier molecular flexibility index (Phi) is 1.22. The van der Waals surface area contributed by atoms with Crippen LogP contribution >= 0.6 is 0 Å². The van der Waals surface area contributed by atoms with E-state index in [1.54, 1.807) is 0 Å². The smallest absolute Gasteiger partial charge is 0.195 e. The Hall–Kier alpha value is -0.160. The zero-order chi connectivity index (χ0) is 8.23. The van der Waals surface area contributed by atoms with Gasteiger partial charge in [-0.15, -0.1) is 0 Å². The van der Waals surface area contributed by atoms with E-state index in [1.165, 1.54) is 6.42 Å². The number of hydrogen-bond donors (Lipinski definition) is 0. The van der Waals surface area contributed by atoms with Crippen LogP contribution in [0, 0.1) is 5.92 Å². The highest BCUT2D eigenvalue weighted by Crippen LogP contribution is 2.56. The maximum Gasteiger partial charge on any atom is 0.242 e. The third-order valence-electron chi connectivity index (χ3n) is 3.13. The molecule has 68 valence electrons. The summed E-state index contributed by atoms with van der Waals surface area (Å²) in [5.74, 6) is -0.980. The average molecular weight is 172 g/mol. The van der Waals surface area contributed by atoms with Gasteiger partial charge in [-0.05, 0) is 19.8 Å². The van der Waals surface area contributed by atoms with Crippen LogP contribution in [0.2, 0.25) is 0 Å². The maximum atomic E-state index is 5.20. The normalized spacial score (nSPS) is 57.2. The Morgan fingerprint density at radius 2 is 1.83 bits per heavy atom. The molecule has 0 aromatic rings. The summed E-state index contributed by atoms with van der Waals surface area (Å²) in [7, 11) is 0. The maximum absolute atomic E-state index is 5.20. The molecule has 0 N–H and O–H groups in total. The van der Waals surface area contributed by atoms with Crippen LogP contribution < -0.4 is 0 Å². The van der Waals surface area contributed by atoms with Gasteiger partial charge in [0.1, 0.15) is 0 Å². The zero-order valence-electron chi connectivity index (χ0n) is 7.04. The van der Waals surface area contributed by atoms with Gasteiger partial charge in [0.25, 0.3) is 0 Å². The minimum atomic E-state index is -0.652. The SMILES string of the molecule is CC12OOC3(CCCCC13)OO2. The van der Waals surface area contributed by atoms with Crippen LogP contribution in [0.5, 0.6) is 0 Å². The molecule has 4 heteroatoms. The fourth-order valence-electron chi connectivity index (χ4n) is 2.43. The third-order valence-corrected chi connectivity index (χ3v) is 3.13. The topological polar surface area (TPSA) is 36.9 Å². The van der Waals surface area contributed by atoms with Crippen LogP contribution in [0.1, 0.15) is 32.6 Å². The van der Waals surface area contributed by atoms with Crippen molar-refractivity contribution >= 4 is 0 Å². The molecule has 2 heterocycles. The lowest BCUT2D eigenvalue weighted by atomic mass is 9.80. The summed E-state index contributed by atoms with van der Waals surface area (Å²) in [6.07, 6.45) is 4.28. The van der Waals surface area contributed by atoms with Crippen LogP contribution in [-0.2, 0) is 19.6 Å². The molecule has 0 radical (unpaired) electrons. The molecule has 1 unspecified atom stereocenters. The highest BCUT2D eigenvalue weighted by Gasteiger charge is 2.68. The molecule has 3 rings (SSSR count). The van der Waals surface area contributed by atoms with Gasteiger partial charge >= 0.3 is 0 Å². The van der Waals surface area contributed by atoms with E-state index in [4.69, 9.17) is 19.6 Å². The molecule has 2 aliphatic heterocycles. The average Bonchev–Trinajstić information content (AvgIpc) is 2.55. The molecule has 4 nitrogen and oxygen atoms in total. The molecule has 12 heavy (non-hydrogen) atoms. The summed E-state index contributed by atoms with van der Waals surface area (Å²) in [5.41, 5.74) is 0. The lowest BCUT2D eigenvalue weighted by Gasteiger charge is -2.28. The highest BCUT2D eigenvalue weighted by atomic mass is 17.4. The van der Waals surface area contributed by atoms with E-state index in [2.05, 4.69) is 0 Å². The second kappa shape index (κ2) is 2.01. The Bertz CT molecular complexity index is 202. The van der Waals surface area contributed by atoms with E-state index in [0.29, 0.717) is 0 Å². The van der Waals surface area contributed by atoms with Gasteiger partial charge < -0.3 is 0 Å². The first kappa shape index (κ1) is 7.26. The quantitative estimate of drug-likeness (QED) is 0.519. The van der Waals surface area contributed by atoms with Crippen molar-refractivity contribution in [1.82, 2.24) is 0 Å². The van der Waals surface area contributed by atoms with Gasteiger partial charge in [-0.2, -0.15) is 19.6 Å². The molecule has 0 aromatic carbocycles. The van der Waals surface area contributed by atoms with Crippen LogP contribution in [-0.4, -0.2) is 11.6 Å². The van der Waals surface area contributed by atoms with E-state index >= 15 is 0 Å². The standard InChI is InChI=1S/C8H12O4/c1-7-6-4-2-3-5-8(6,11-9-7)12-10-7/h6H,2-5H2,1H3. The van der Waals surface area contributed by atoms with E-state index in [-0.39, 0.29) is 5.92 Å². The minimum Gasteiger partial charge on any atom is -0.195 e. The predicted octanol–water partition coefficient (Wildman–Crippen LogP) is 1.51. The summed E-state index contributed by atoms with van der Waals surface area (Å²) >= 11 is 0. The molecule has 3 aliphatic rings. The van der Waals surface area contributed by atoms with Gasteiger partial charge in [-0.3, -0.25) is 0 Å². The van der Waals surface area contributed by atoms with Gasteiger partial charge in [0, 0.05) is 6.42 Å². The fraction of sp³-hybridized carbons (Fsp3) is 1.00. The van der Waals surface area contributed by atoms with Gasteiger partial charge in [0.05, 0.1) is 5.92 Å². The van der Waals surface area contributed by atoms with Crippen molar-refractivity contribution in [3.05, 3.63) is 0 Å². The summed E-state index contributed by atoms with van der Waals surface area (Å²) in [6, 6.07) is 0. The van der Waals surface area contributed by atoms with Gasteiger partial charge in [-0.25, -0.2) is 0 Å². The van der Waals surface area contributed by atoms with Crippen molar-refractivity contribution < 1.29 is 19.6 Å². The lowest BCUT2D eigenvalue weighted by molar-refractivity contribution is -0.587. The second-order valence-corrected chi connectivity index (χ2v) is 3.96. The summed E-state index contributed by atoms with van der Waals surface area (Å²) in [5, 5.41) is 0. The number of hydrogen-bond acceptors (Lipinski definition) is 4. The first-order valence-corrected chi connectivity index (χ1v) is 4.49. The molecule has 2 bridgehead atoms. The van der Waals surface area contributed by atoms with Crippen LogP contribution in [0.25, 0.3) is 0 Å². The van der Waals surface area contributed by atoms with Gasteiger partial charge in [0.2, 0.25) is 11.6 Å². The van der Waals surface area contributed by atoms with Gasteiger partial charge in [0.15, 0.2) is 0 Å². The fourth-order valence-corrected chi connectivity index (χ4v) is 2.43. The summed E-state index contributed by atoms with van der Waals surface area (Å²) in [6.45, 7) is 1.87. The first-order chi connectivity index (χ1) is 5.75. The van der Waals surface area contributed by atoms with Crippen molar-refractivity contribution in [2.45, 2.75) is 44.2 Å². The second-order valence-electron chi connectivity index (χ2n) is 3.96. The zero-order valence-corrected chi connectivity index (χ0v) is 7.04. The molecule has 3 fully saturated rings. The monoisotopic (exact) mass is 172 g/mol. The Morgan fingerprint density at radius 1 is 1.08 bits per heavy atom. The van der Waals surface area contributed by atoms with E-state index < -0.39 is 11.6 Å².